The highest BCUT2D eigenvalue weighted by atomic mass is 16.5. The van der Waals surface area contributed by atoms with Crippen molar-refractivity contribution in [3.8, 4) is 11.5 Å². The number of nitrogens with zero attached hydrogens (tertiary/aromatic N) is 2. The molecule has 1 aromatic carbocycles. The number of carbonyl (C=O) groups is 1. The fourth-order valence-corrected chi connectivity index (χ4v) is 2.69. The lowest BCUT2D eigenvalue weighted by Gasteiger charge is -2.22. The van der Waals surface area contributed by atoms with Crippen LogP contribution in [0.25, 0.3) is 6.08 Å². The van der Waals surface area contributed by atoms with E-state index in [2.05, 4.69) is 10.3 Å². The van der Waals surface area contributed by atoms with Crippen LogP contribution in [0.3, 0.4) is 0 Å². The summed E-state index contributed by atoms with van der Waals surface area (Å²) in [7, 11) is 5.14. The number of rotatable bonds is 8. The van der Waals surface area contributed by atoms with Crippen molar-refractivity contribution < 1.29 is 14.3 Å². The molecule has 3 N–H and O–H groups in total. The largest absolute Gasteiger partial charge is 0.493 e. The lowest BCUT2D eigenvalue weighted by Crippen LogP contribution is -2.27. The van der Waals surface area contributed by atoms with Gasteiger partial charge in [0.25, 0.3) is 0 Å². The zero-order valence-corrected chi connectivity index (χ0v) is 16.2. The van der Waals surface area contributed by atoms with Crippen molar-refractivity contribution in [3.63, 3.8) is 0 Å². The minimum Gasteiger partial charge on any atom is -0.493 e. The predicted molar refractivity (Wildman–Crippen MR) is 108 cm³/mol. The molecule has 1 amide bonds. The number of carbonyl (C=O) groups excluding carboxylic acids is 1. The number of aryl methyl sites for hydroxylation is 1. The summed E-state index contributed by atoms with van der Waals surface area (Å²) in [6.07, 6.45) is 4.92. The van der Waals surface area contributed by atoms with E-state index in [1.165, 1.54) is 6.08 Å². The van der Waals surface area contributed by atoms with Crippen LogP contribution in [-0.2, 0) is 4.79 Å². The third-order valence-corrected chi connectivity index (χ3v) is 4.03. The van der Waals surface area contributed by atoms with Crippen molar-refractivity contribution in [1.82, 2.24) is 10.3 Å². The van der Waals surface area contributed by atoms with Gasteiger partial charge in [-0.15, -0.1) is 0 Å². The van der Waals surface area contributed by atoms with Gasteiger partial charge in [-0.1, -0.05) is 0 Å². The van der Waals surface area contributed by atoms with Gasteiger partial charge in [-0.2, -0.15) is 0 Å². The fraction of sp³-hybridized carbons (Fsp3) is 0.300. The number of pyridine rings is 1. The third-order valence-electron chi connectivity index (χ3n) is 4.03. The number of benzene rings is 1. The van der Waals surface area contributed by atoms with Gasteiger partial charge in [0.1, 0.15) is 5.82 Å². The maximum Gasteiger partial charge on any atom is 0.244 e. The average molecular weight is 370 g/mol. The van der Waals surface area contributed by atoms with Gasteiger partial charge in [0, 0.05) is 49.7 Å². The number of amides is 1. The first kappa shape index (κ1) is 20.3. The number of hydrogen-bond donors (Lipinski definition) is 2. The summed E-state index contributed by atoms with van der Waals surface area (Å²) in [4.78, 5) is 18.2. The number of nitrogens with two attached hydrogens (primary N) is 1. The van der Waals surface area contributed by atoms with Crippen molar-refractivity contribution >= 4 is 23.5 Å². The molecule has 0 spiro atoms. The van der Waals surface area contributed by atoms with Gasteiger partial charge in [0.15, 0.2) is 11.5 Å². The van der Waals surface area contributed by atoms with Crippen LogP contribution in [0.5, 0.6) is 11.5 Å². The summed E-state index contributed by atoms with van der Waals surface area (Å²) in [6, 6.07) is 7.62. The second kappa shape index (κ2) is 9.59. The fourth-order valence-electron chi connectivity index (χ4n) is 2.69. The molecular formula is C20H26N4O3. The zero-order valence-electron chi connectivity index (χ0n) is 16.2. The number of aromatic nitrogens is 1. The first-order valence-corrected chi connectivity index (χ1v) is 8.59. The van der Waals surface area contributed by atoms with E-state index in [0.29, 0.717) is 30.4 Å². The Kier molecular flexibility index (Phi) is 7.19. The molecule has 0 bridgehead atoms. The van der Waals surface area contributed by atoms with E-state index in [9.17, 15) is 4.79 Å². The summed E-state index contributed by atoms with van der Waals surface area (Å²) in [5, 5.41) is 2.70. The molecule has 0 aliphatic carbocycles. The molecule has 7 heteroatoms. The van der Waals surface area contributed by atoms with E-state index in [1.54, 1.807) is 26.5 Å². The van der Waals surface area contributed by atoms with Crippen molar-refractivity contribution in [2.24, 2.45) is 5.73 Å². The van der Waals surface area contributed by atoms with Crippen LogP contribution >= 0.6 is 0 Å². The second-order valence-corrected chi connectivity index (χ2v) is 5.89. The van der Waals surface area contributed by atoms with Gasteiger partial charge in [-0.3, -0.25) is 4.79 Å². The molecule has 144 valence electrons. The Bertz CT molecular complexity index is 821. The SMILES string of the molecule is COc1cc(N(C)c2ncccc2/C=C/C(=O)NCCN)cc(C)c1OC. The smallest absolute Gasteiger partial charge is 0.244 e. The molecule has 0 unspecified atom stereocenters. The molecule has 7 nitrogen and oxygen atoms in total. The van der Waals surface area contributed by atoms with E-state index >= 15 is 0 Å². The Morgan fingerprint density at radius 1 is 1.33 bits per heavy atom. The lowest BCUT2D eigenvalue weighted by atomic mass is 10.1. The molecule has 0 aliphatic rings. The molecule has 0 saturated heterocycles. The normalized spacial score (nSPS) is 10.7. The highest BCUT2D eigenvalue weighted by Crippen LogP contribution is 2.37. The molecular weight excluding hydrogens is 344 g/mol. The van der Waals surface area contributed by atoms with Gasteiger partial charge >= 0.3 is 0 Å². The van der Waals surface area contributed by atoms with Gasteiger partial charge in [0.05, 0.1) is 14.2 Å². The topological polar surface area (TPSA) is 89.7 Å². The number of hydrogen-bond acceptors (Lipinski definition) is 6. The van der Waals surface area contributed by atoms with Crippen molar-refractivity contribution in [2.45, 2.75) is 6.92 Å². The first-order valence-electron chi connectivity index (χ1n) is 8.59. The van der Waals surface area contributed by atoms with Crippen LogP contribution in [-0.4, -0.2) is 45.2 Å². The molecule has 27 heavy (non-hydrogen) atoms. The monoisotopic (exact) mass is 370 g/mol. The standard InChI is InChI=1S/C20H26N4O3/c1-14-12-16(13-17(26-3)19(14)27-4)24(2)20-15(6-5-10-23-20)7-8-18(25)22-11-9-21/h5-8,10,12-13H,9,11,21H2,1-4H3,(H,22,25)/b8-7+. The van der Waals surface area contributed by atoms with Crippen molar-refractivity contribution in [3.05, 3.63) is 47.7 Å². The molecule has 0 atom stereocenters. The van der Waals surface area contributed by atoms with Crippen LogP contribution in [0.15, 0.2) is 36.5 Å². The molecule has 1 aromatic heterocycles. The van der Waals surface area contributed by atoms with E-state index in [0.717, 1.165) is 16.8 Å². The van der Waals surface area contributed by atoms with Crippen LogP contribution < -0.4 is 25.4 Å². The zero-order chi connectivity index (χ0) is 19.8. The first-order chi connectivity index (χ1) is 13.0. The molecule has 0 aliphatic heterocycles. The highest BCUT2D eigenvalue weighted by molar-refractivity contribution is 5.92. The number of ether oxygens (including phenoxy) is 2. The molecule has 0 fully saturated rings. The van der Waals surface area contributed by atoms with Crippen LogP contribution in [0.2, 0.25) is 0 Å². The Morgan fingerprint density at radius 2 is 2.11 bits per heavy atom. The van der Waals surface area contributed by atoms with Crippen LogP contribution in [0.1, 0.15) is 11.1 Å². The summed E-state index contributed by atoms with van der Waals surface area (Å²) in [5.41, 5.74) is 8.06. The minimum atomic E-state index is -0.195. The average Bonchev–Trinajstić information content (AvgIpc) is 2.69. The molecule has 0 radical (unpaired) electrons. The van der Waals surface area contributed by atoms with E-state index in [4.69, 9.17) is 15.2 Å². The van der Waals surface area contributed by atoms with E-state index < -0.39 is 0 Å². The number of nitrogens with one attached hydrogen (secondary N) is 1. The summed E-state index contributed by atoms with van der Waals surface area (Å²) in [6.45, 7) is 2.80. The van der Waals surface area contributed by atoms with Crippen molar-refractivity contribution in [1.29, 1.82) is 0 Å². The summed E-state index contributed by atoms with van der Waals surface area (Å²) < 4.78 is 10.8. The van der Waals surface area contributed by atoms with Crippen molar-refractivity contribution in [2.75, 3.05) is 39.3 Å². The maximum absolute atomic E-state index is 11.8. The third kappa shape index (κ3) is 4.98. The predicted octanol–water partition coefficient (Wildman–Crippen LogP) is 2.26. The van der Waals surface area contributed by atoms with Gasteiger partial charge in [0.2, 0.25) is 5.91 Å². The molecule has 0 saturated carbocycles. The van der Waals surface area contributed by atoms with Gasteiger partial charge < -0.3 is 25.4 Å². The summed E-state index contributed by atoms with van der Waals surface area (Å²) in [5.74, 6) is 1.87. The molecule has 2 rings (SSSR count). The Labute approximate surface area is 159 Å². The van der Waals surface area contributed by atoms with Crippen LogP contribution in [0, 0.1) is 6.92 Å². The highest BCUT2D eigenvalue weighted by Gasteiger charge is 2.15. The number of anilines is 2. The quantitative estimate of drug-likeness (QED) is 0.693. The van der Waals surface area contributed by atoms with E-state index in [1.807, 2.05) is 43.1 Å². The number of methoxy groups -OCH3 is 2. The second-order valence-electron chi connectivity index (χ2n) is 5.89. The Hall–Kier alpha value is -3.06. The lowest BCUT2D eigenvalue weighted by molar-refractivity contribution is -0.116. The molecule has 2 aromatic rings. The Morgan fingerprint density at radius 3 is 2.78 bits per heavy atom. The molecule has 1 heterocycles. The van der Waals surface area contributed by atoms with Gasteiger partial charge in [-0.05, 0) is 36.8 Å². The van der Waals surface area contributed by atoms with Crippen LogP contribution in [0.4, 0.5) is 11.5 Å². The van der Waals surface area contributed by atoms with Gasteiger partial charge in [-0.25, -0.2) is 4.98 Å². The van der Waals surface area contributed by atoms with E-state index in [-0.39, 0.29) is 5.91 Å². The Balaban J connectivity index is 2.35. The minimum absolute atomic E-state index is 0.195. The maximum atomic E-state index is 11.8. The summed E-state index contributed by atoms with van der Waals surface area (Å²) >= 11 is 0.